The molecule has 1 aliphatic heterocycles. The summed E-state index contributed by atoms with van der Waals surface area (Å²) in [5, 5.41) is 7.54. The summed E-state index contributed by atoms with van der Waals surface area (Å²) in [6.07, 6.45) is 6.48. The summed E-state index contributed by atoms with van der Waals surface area (Å²) in [7, 11) is 1.87. The number of nitrogens with zero attached hydrogens (tertiary/aromatic N) is 2. The fraction of sp³-hybridized carbons (Fsp3) is 0.733. The number of carbonyl (C=O) groups is 1. The predicted octanol–water partition coefficient (Wildman–Crippen LogP) is 1.46. The molecule has 1 aliphatic carbocycles. The number of aromatic nitrogens is 2. The van der Waals surface area contributed by atoms with Gasteiger partial charge in [-0.2, -0.15) is 5.10 Å². The maximum Gasteiger partial charge on any atom is 0.269 e. The first-order valence-electron chi connectivity index (χ1n) is 7.66. The molecule has 0 aromatic carbocycles. The van der Waals surface area contributed by atoms with E-state index in [-0.39, 0.29) is 5.91 Å². The maximum absolute atomic E-state index is 12.4. The van der Waals surface area contributed by atoms with Crippen molar-refractivity contribution < 1.29 is 9.53 Å². The zero-order chi connectivity index (χ0) is 13.9. The highest BCUT2D eigenvalue weighted by atomic mass is 16.5. The van der Waals surface area contributed by atoms with Gasteiger partial charge in [-0.05, 0) is 44.4 Å². The molecular weight excluding hydrogens is 254 g/mol. The lowest BCUT2D eigenvalue weighted by Gasteiger charge is -2.12. The summed E-state index contributed by atoms with van der Waals surface area (Å²) < 4.78 is 7.11. The van der Waals surface area contributed by atoms with E-state index in [9.17, 15) is 4.79 Å². The van der Waals surface area contributed by atoms with Crippen LogP contribution in [0.25, 0.3) is 0 Å². The van der Waals surface area contributed by atoms with Crippen molar-refractivity contribution in [3.8, 4) is 0 Å². The Morgan fingerprint density at radius 3 is 3.10 bits per heavy atom. The minimum Gasteiger partial charge on any atom is -0.381 e. The Bertz CT molecular complexity index is 490. The molecule has 2 heterocycles. The number of rotatable bonds is 4. The van der Waals surface area contributed by atoms with Gasteiger partial charge in [0.05, 0.1) is 5.69 Å². The number of nitrogens with one attached hydrogen (secondary N) is 1. The van der Waals surface area contributed by atoms with Gasteiger partial charge in [-0.1, -0.05) is 0 Å². The highest BCUT2D eigenvalue weighted by molar-refractivity contribution is 5.94. The van der Waals surface area contributed by atoms with Crippen molar-refractivity contribution in [1.29, 1.82) is 0 Å². The van der Waals surface area contributed by atoms with Crippen LogP contribution in [0.3, 0.4) is 0 Å². The van der Waals surface area contributed by atoms with Gasteiger partial charge in [0.2, 0.25) is 0 Å². The monoisotopic (exact) mass is 277 g/mol. The minimum atomic E-state index is 0.0297. The zero-order valence-electron chi connectivity index (χ0n) is 12.2. The van der Waals surface area contributed by atoms with Crippen LogP contribution in [0, 0.1) is 5.92 Å². The summed E-state index contributed by atoms with van der Waals surface area (Å²) in [6.45, 7) is 2.44. The van der Waals surface area contributed by atoms with E-state index >= 15 is 0 Å². The van der Waals surface area contributed by atoms with Gasteiger partial charge in [0.25, 0.3) is 5.91 Å². The second kappa shape index (κ2) is 5.95. The van der Waals surface area contributed by atoms with Gasteiger partial charge in [0.1, 0.15) is 5.69 Å². The summed E-state index contributed by atoms with van der Waals surface area (Å²) >= 11 is 0. The fourth-order valence-corrected chi connectivity index (χ4v) is 3.25. The van der Waals surface area contributed by atoms with Gasteiger partial charge >= 0.3 is 0 Å². The SMILES string of the molecule is Cn1nc2c(c1C(=O)NCC[C@H]1CCOC1)CCCC2. The Morgan fingerprint density at radius 1 is 1.45 bits per heavy atom. The van der Waals surface area contributed by atoms with Crippen LogP contribution in [-0.4, -0.2) is 35.4 Å². The molecular formula is C15H23N3O2. The number of hydrogen-bond donors (Lipinski definition) is 1. The number of aryl methyl sites for hydroxylation is 2. The maximum atomic E-state index is 12.4. The molecule has 3 rings (SSSR count). The molecule has 0 saturated carbocycles. The molecule has 0 unspecified atom stereocenters. The molecule has 1 amide bonds. The first kappa shape index (κ1) is 13.6. The van der Waals surface area contributed by atoms with Gasteiger partial charge in [-0.25, -0.2) is 0 Å². The quantitative estimate of drug-likeness (QED) is 0.906. The first-order valence-corrected chi connectivity index (χ1v) is 7.66. The van der Waals surface area contributed by atoms with Crippen molar-refractivity contribution in [3.63, 3.8) is 0 Å². The highest BCUT2D eigenvalue weighted by Gasteiger charge is 2.24. The molecule has 1 aromatic rings. The van der Waals surface area contributed by atoms with E-state index in [4.69, 9.17) is 4.74 Å². The molecule has 5 heteroatoms. The van der Waals surface area contributed by atoms with Crippen LogP contribution in [-0.2, 0) is 24.6 Å². The Morgan fingerprint density at radius 2 is 2.30 bits per heavy atom. The van der Waals surface area contributed by atoms with Crippen molar-refractivity contribution in [2.45, 2.75) is 38.5 Å². The van der Waals surface area contributed by atoms with E-state index in [0.29, 0.717) is 5.92 Å². The van der Waals surface area contributed by atoms with E-state index in [0.717, 1.165) is 56.8 Å². The van der Waals surface area contributed by atoms with E-state index in [1.807, 2.05) is 7.05 Å². The number of hydrogen-bond acceptors (Lipinski definition) is 3. The van der Waals surface area contributed by atoms with E-state index in [1.165, 1.54) is 18.4 Å². The van der Waals surface area contributed by atoms with Crippen molar-refractivity contribution >= 4 is 5.91 Å². The Balaban J connectivity index is 1.60. The van der Waals surface area contributed by atoms with E-state index < -0.39 is 0 Å². The van der Waals surface area contributed by atoms with Gasteiger partial charge in [-0.15, -0.1) is 0 Å². The molecule has 5 nitrogen and oxygen atoms in total. The molecule has 0 bridgehead atoms. The molecule has 1 atom stereocenters. The smallest absolute Gasteiger partial charge is 0.269 e. The van der Waals surface area contributed by atoms with Crippen LogP contribution < -0.4 is 5.32 Å². The molecule has 0 radical (unpaired) electrons. The molecule has 1 aromatic heterocycles. The van der Waals surface area contributed by atoms with Crippen molar-refractivity contribution in [2.24, 2.45) is 13.0 Å². The third kappa shape index (κ3) is 2.73. The molecule has 20 heavy (non-hydrogen) atoms. The number of fused-ring (bicyclic) bond motifs is 1. The summed E-state index contributed by atoms with van der Waals surface area (Å²) in [4.78, 5) is 12.4. The lowest BCUT2D eigenvalue weighted by molar-refractivity contribution is 0.0940. The van der Waals surface area contributed by atoms with Crippen LogP contribution in [0.15, 0.2) is 0 Å². The molecule has 1 N–H and O–H groups in total. The summed E-state index contributed by atoms with van der Waals surface area (Å²) in [6, 6.07) is 0. The molecule has 0 spiro atoms. The number of ether oxygens (including phenoxy) is 1. The standard InChI is InChI=1S/C15H23N3O2/c1-18-14(12-4-2-3-5-13(12)17-18)15(19)16-8-6-11-7-9-20-10-11/h11H,2-10H2,1H3,(H,16,19)/t11-/m0/s1. The fourth-order valence-electron chi connectivity index (χ4n) is 3.25. The third-order valence-corrected chi connectivity index (χ3v) is 4.40. The van der Waals surface area contributed by atoms with Crippen LogP contribution in [0.5, 0.6) is 0 Å². The van der Waals surface area contributed by atoms with Crippen LogP contribution >= 0.6 is 0 Å². The van der Waals surface area contributed by atoms with Crippen molar-refractivity contribution in [3.05, 3.63) is 17.0 Å². The predicted molar refractivity (Wildman–Crippen MR) is 75.7 cm³/mol. The average Bonchev–Trinajstić information content (AvgIpc) is 3.04. The highest BCUT2D eigenvalue weighted by Crippen LogP contribution is 2.23. The third-order valence-electron chi connectivity index (χ3n) is 4.40. The van der Waals surface area contributed by atoms with E-state index in [2.05, 4.69) is 10.4 Å². The molecule has 1 saturated heterocycles. The van der Waals surface area contributed by atoms with Gasteiger partial charge < -0.3 is 10.1 Å². The summed E-state index contributed by atoms with van der Waals surface area (Å²) in [5.74, 6) is 0.637. The lowest BCUT2D eigenvalue weighted by atomic mass is 9.95. The lowest BCUT2D eigenvalue weighted by Crippen LogP contribution is -2.29. The van der Waals surface area contributed by atoms with Gasteiger partial charge in [0.15, 0.2) is 0 Å². The second-order valence-corrected chi connectivity index (χ2v) is 5.88. The van der Waals surface area contributed by atoms with Crippen molar-refractivity contribution in [2.75, 3.05) is 19.8 Å². The Kier molecular flexibility index (Phi) is 4.05. The van der Waals surface area contributed by atoms with Crippen LogP contribution in [0.2, 0.25) is 0 Å². The van der Waals surface area contributed by atoms with E-state index in [1.54, 1.807) is 4.68 Å². The topological polar surface area (TPSA) is 56.2 Å². The normalized spacial score (nSPS) is 21.8. The molecule has 2 aliphatic rings. The largest absolute Gasteiger partial charge is 0.381 e. The van der Waals surface area contributed by atoms with Gasteiger partial charge in [0, 0.05) is 32.4 Å². The Hall–Kier alpha value is -1.36. The van der Waals surface area contributed by atoms with Crippen LogP contribution in [0.4, 0.5) is 0 Å². The number of carbonyl (C=O) groups excluding carboxylic acids is 1. The summed E-state index contributed by atoms with van der Waals surface area (Å²) in [5.41, 5.74) is 3.05. The second-order valence-electron chi connectivity index (χ2n) is 5.88. The van der Waals surface area contributed by atoms with Crippen LogP contribution in [0.1, 0.15) is 47.4 Å². The van der Waals surface area contributed by atoms with Crippen molar-refractivity contribution in [1.82, 2.24) is 15.1 Å². The first-order chi connectivity index (χ1) is 9.75. The Labute approximate surface area is 119 Å². The number of amides is 1. The van der Waals surface area contributed by atoms with Gasteiger partial charge in [-0.3, -0.25) is 9.48 Å². The zero-order valence-corrected chi connectivity index (χ0v) is 12.2. The molecule has 110 valence electrons. The average molecular weight is 277 g/mol. The molecule has 1 fully saturated rings. The minimum absolute atomic E-state index is 0.0297.